The molecule has 2 nitrogen and oxygen atoms in total. The van der Waals surface area contributed by atoms with E-state index in [2.05, 4.69) is 29.2 Å². The van der Waals surface area contributed by atoms with Crippen LogP contribution < -0.4 is 0 Å². The molecule has 0 atom stereocenters. The van der Waals surface area contributed by atoms with E-state index in [0.29, 0.717) is 12.2 Å². The summed E-state index contributed by atoms with van der Waals surface area (Å²) in [6, 6.07) is 7.42. The first-order chi connectivity index (χ1) is 6.74. The van der Waals surface area contributed by atoms with Gasteiger partial charge in [-0.2, -0.15) is 0 Å². The van der Waals surface area contributed by atoms with Crippen LogP contribution in [0.15, 0.2) is 36.9 Å². The number of ketones is 1. The fraction of sp³-hybridized carbons (Fsp3) is 0.182. The van der Waals surface area contributed by atoms with Crippen LogP contribution in [0.3, 0.4) is 0 Å². The Kier molecular flexibility index (Phi) is 4.82. The van der Waals surface area contributed by atoms with Crippen molar-refractivity contribution in [3.63, 3.8) is 0 Å². The van der Waals surface area contributed by atoms with Crippen LogP contribution in [-0.4, -0.2) is 19.0 Å². The van der Waals surface area contributed by atoms with Crippen LogP contribution in [-0.2, 0) is 4.74 Å². The summed E-state index contributed by atoms with van der Waals surface area (Å²) in [7, 11) is 0. The maximum absolute atomic E-state index is 11.5. The zero-order valence-corrected chi connectivity index (χ0v) is 9.86. The Labute approximate surface area is 97.1 Å². The Morgan fingerprint density at radius 2 is 2.07 bits per heavy atom. The van der Waals surface area contributed by atoms with Crippen LogP contribution in [0.5, 0.6) is 0 Å². The van der Waals surface area contributed by atoms with E-state index in [0.717, 1.165) is 3.57 Å². The number of carbonyl (C=O) groups is 1. The largest absolute Gasteiger partial charge is 0.369 e. The van der Waals surface area contributed by atoms with Gasteiger partial charge in [0.05, 0.1) is 6.61 Å². The molecule has 14 heavy (non-hydrogen) atoms. The molecule has 0 aliphatic heterocycles. The molecule has 1 rings (SSSR count). The van der Waals surface area contributed by atoms with Gasteiger partial charge < -0.3 is 4.74 Å². The minimum absolute atomic E-state index is 0.00301. The quantitative estimate of drug-likeness (QED) is 0.362. The Hall–Kier alpha value is -0.680. The highest BCUT2D eigenvalue weighted by atomic mass is 127. The van der Waals surface area contributed by atoms with Crippen molar-refractivity contribution in [2.75, 3.05) is 13.2 Å². The van der Waals surface area contributed by atoms with Crippen molar-refractivity contribution in [3.8, 4) is 0 Å². The molecule has 0 fully saturated rings. The van der Waals surface area contributed by atoms with Gasteiger partial charge in [0.25, 0.3) is 0 Å². The van der Waals surface area contributed by atoms with Gasteiger partial charge in [-0.25, -0.2) is 0 Å². The number of hydrogen-bond donors (Lipinski definition) is 0. The summed E-state index contributed by atoms with van der Waals surface area (Å²) in [6.07, 6.45) is 1.63. The topological polar surface area (TPSA) is 26.3 Å². The standard InChI is InChI=1S/C11H11IO2/c1-2-7-14-8-11(13)9-3-5-10(12)6-4-9/h2-6H,1,7-8H2. The van der Waals surface area contributed by atoms with Gasteiger partial charge in [-0.3, -0.25) is 4.79 Å². The molecular formula is C11H11IO2. The average molecular weight is 302 g/mol. The van der Waals surface area contributed by atoms with Gasteiger partial charge in [0.2, 0.25) is 0 Å². The van der Waals surface area contributed by atoms with Gasteiger partial charge in [0.1, 0.15) is 6.61 Å². The smallest absolute Gasteiger partial charge is 0.188 e. The van der Waals surface area contributed by atoms with Gasteiger partial charge in [0.15, 0.2) is 5.78 Å². The molecule has 3 heteroatoms. The van der Waals surface area contributed by atoms with Crippen LogP contribution >= 0.6 is 22.6 Å². The Balaban J connectivity index is 2.52. The number of halogens is 1. The van der Waals surface area contributed by atoms with Gasteiger partial charge in [-0.05, 0) is 34.7 Å². The maximum Gasteiger partial charge on any atom is 0.188 e. The predicted molar refractivity (Wildman–Crippen MR) is 64.5 cm³/mol. The van der Waals surface area contributed by atoms with E-state index >= 15 is 0 Å². The number of benzene rings is 1. The van der Waals surface area contributed by atoms with E-state index in [9.17, 15) is 4.79 Å². The molecular weight excluding hydrogens is 291 g/mol. The number of Topliss-reactive ketones (excluding diaryl/α,β-unsaturated/α-hetero) is 1. The van der Waals surface area contributed by atoms with E-state index < -0.39 is 0 Å². The lowest BCUT2D eigenvalue weighted by Gasteiger charge is -2.01. The molecule has 0 radical (unpaired) electrons. The van der Waals surface area contributed by atoms with E-state index in [1.165, 1.54) is 0 Å². The number of carbonyl (C=O) groups excluding carboxylic acids is 1. The molecule has 0 aliphatic rings. The molecule has 0 spiro atoms. The molecule has 0 N–H and O–H groups in total. The second-order valence-corrected chi connectivity index (χ2v) is 3.98. The highest BCUT2D eigenvalue weighted by molar-refractivity contribution is 14.1. The zero-order valence-electron chi connectivity index (χ0n) is 7.70. The van der Waals surface area contributed by atoms with Crippen LogP contribution in [0, 0.1) is 3.57 Å². The van der Waals surface area contributed by atoms with Crippen LogP contribution in [0.1, 0.15) is 10.4 Å². The van der Waals surface area contributed by atoms with Crippen molar-refractivity contribution in [1.82, 2.24) is 0 Å². The van der Waals surface area contributed by atoms with Crippen molar-refractivity contribution < 1.29 is 9.53 Å². The Bertz CT molecular complexity index is 317. The molecule has 0 unspecified atom stereocenters. The summed E-state index contributed by atoms with van der Waals surface area (Å²) in [5.74, 6) is 0.00301. The highest BCUT2D eigenvalue weighted by Gasteiger charge is 2.04. The molecule has 0 bridgehead atoms. The summed E-state index contributed by atoms with van der Waals surface area (Å²) >= 11 is 2.20. The number of hydrogen-bond acceptors (Lipinski definition) is 2. The summed E-state index contributed by atoms with van der Waals surface area (Å²) < 4.78 is 6.18. The summed E-state index contributed by atoms with van der Waals surface area (Å²) in [4.78, 5) is 11.5. The average Bonchev–Trinajstić information content (AvgIpc) is 2.19. The number of rotatable bonds is 5. The third kappa shape index (κ3) is 3.59. The summed E-state index contributed by atoms with van der Waals surface area (Å²) in [6.45, 7) is 4.04. The van der Waals surface area contributed by atoms with Crippen LogP contribution in [0.4, 0.5) is 0 Å². The second kappa shape index (κ2) is 5.93. The second-order valence-electron chi connectivity index (χ2n) is 2.73. The van der Waals surface area contributed by atoms with E-state index in [4.69, 9.17) is 4.74 Å². The normalized spacial score (nSPS) is 9.79. The van der Waals surface area contributed by atoms with Crippen molar-refractivity contribution in [2.24, 2.45) is 0 Å². The van der Waals surface area contributed by atoms with E-state index in [-0.39, 0.29) is 12.4 Å². The van der Waals surface area contributed by atoms with E-state index in [1.807, 2.05) is 12.1 Å². The molecule has 1 aromatic rings. The fourth-order valence-electron chi connectivity index (χ4n) is 0.954. The van der Waals surface area contributed by atoms with Crippen LogP contribution in [0.2, 0.25) is 0 Å². The lowest BCUT2D eigenvalue weighted by atomic mass is 10.1. The molecule has 1 aromatic carbocycles. The lowest BCUT2D eigenvalue weighted by Crippen LogP contribution is -2.08. The molecule has 0 amide bonds. The van der Waals surface area contributed by atoms with Gasteiger partial charge in [0, 0.05) is 9.13 Å². The minimum Gasteiger partial charge on any atom is -0.369 e. The first-order valence-corrected chi connectivity index (χ1v) is 5.29. The monoisotopic (exact) mass is 302 g/mol. The predicted octanol–water partition coefficient (Wildman–Crippen LogP) is 2.68. The third-order valence-corrected chi connectivity index (χ3v) is 2.35. The number of ether oxygens (including phenoxy) is 1. The fourth-order valence-corrected chi connectivity index (χ4v) is 1.31. The summed E-state index contributed by atoms with van der Waals surface area (Å²) in [5.41, 5.74) is 0.689. The van der Waals surface area contributed by atoms with Gasteiger partial charge in [-0.15, -0.1) is 6.58 Å². The Morgan fingerprint density at radius 3 is 2.64 bits per heavy atom. The SMILES string of the molecule is C=CCOCC(=O)c1ccc(I)cc1. The molecule has 74 valence electrons. The highest BCUT2D eigenvalue weighted by Crippen LogP contribution is 2.07. The maximum atomic E-state index is 11.5. The van der Waals surface area contributed by atoms with Gasteiger partial charge in [-0.1, -0.05) is 18.2 Å². The van der Waals surface area contributed by atoms with Crippen molar-refractivity contribution in [1.29, 1.82) is 0 Å². The van der Waals surface area contributed by atoms with Crippen molar-refractivity contribution >= 4 is 28.4 Å². The molecule has 0 aromatic heterocycles. The van der Waals surface area contributed by atoms with E-state index in [1.54, 1.807) is 18.2 Å². The molecule has 0 aliphatic carbocycles. The third-order valence-electron chi connectivity index (χ3n) is 1.64. The first-order valence-electron chi connectivity index (χ1n) is 4.21. The Morgan fingerprint density at radius 1 is 1.43 bits per heavy atom. The van der Waals surface area contributed by atoms with Crippen LogP contribution in [0.25, 0.3) is 0 Å². The minimum atomic E-state index is 0.00301. The molecule has 0 saturated heterocycles. The van der Waals surface area contributed by atoms with Gasteiger partial charge >= 0.3 is 0 Å². The summed E-state index contributed by atoms with van der Waals surface area (Å²) in [5, 5.41) is 0. The van der Waals surface area contributed by atoms with Crippen molar-refractivity contribution in [2.45, 2.75) is 0 Å². The molecule has 0 saturated carbocycles. The molecule has 0 heterocycles. The lowest BCUT2D eigenvalue weighted by molar-refractivity contribution is 0.0806. The van der Waals surface area contributed by atoms with Crippen molar-refractivity contribution in [3.05, 3.63) is 46.1 Å². The first kappa shape index (κ1) is 11.4. The zero-order chi connectivity index (χ0) is 10.4.